The number of hydrogen-bond donors (Lipinski definition) is 1. The van der Waals surface area contributed by atoms with Gasteiger partial charge >= 0.3 is 6.03 Å². The number of urea groups is 1. The molecular formula is C31H28ClF2N3O6. The molecule has 0 fully saturated rings. The Morgan fingerprint density at radius 2 is 1.79 bits per heavy atom. The molecule has 9 nitrogen and oxygen atoms in total. The van der Waals surface area contributed by atoms with Crippen molar-refractivity contribution in [2.75, 3.05) is 25.2 Å². The summed E-state index contributed by atoms with van der Waals surface area (Å²) in [6.45, 7) is 1.77. The summed E-state index contributed by atoms with van der Waals surface area (Å²) < 4.78 is 44.1. The van der Waals surface area contributed by atoms with E-state index >= 15 is 0 Å². The third-order valence-electron chi connectivity index (χ3n) is 6.90. The smallest absolute Gasteiger partial charge is 0.322 e. The van der Waals surface area contributed by atoms with Gasteiger partial charge in [0, 0.05) is 24.2 Å². The lowest BCUT2D eigenvalue weighted by atomic mass is 10.1. The Morgan fingerprint density at radius 1 is 0.977 bits per heavy atom. The lowest BCUT2D eigenvalue weighted by Crippen LogP contribution is -2.45. The van der Waals surface area contributed by atoms with Gasteiger partial charge in [-0.15, -0.1) is 0 Å². The Balaban J connectivity index is 1.42. The lowest BCUT2D eigenvalue weighted by Gasteiger charge is -2.28. The molecule has 1 aliphatic heterocycles. The van der Waals surface area contributed by atoms with Crippen LogP contribution in [0.5, 0.6) is 11.5 Å². The Kier molecular flexibility index (Phi) is 9.10. The molecule has 0 unspecified atom stereocenters. The van der Waals surface area contributed by atoms with Crippen LogP contribution in [0.3, 0.4) is 0 Å². The van der Waals surface area contributed by atoms with E-state index in [1.807, 2.05) is 6.92 Å². The maximum absolute atomic E-state index is 14.3. The highest BCUT2D eigenvalue weighted by molar-refractivity contribution is 6.31. The van der Waals surface area contributed by atoms with Crippen LogP contribution in [0.2, 0.25) is 5.02 Å². The first-order valence-electron chi connectivity index (χ1n) is 13.6. The summed E-state index contributed by atoms with van der Waals surface area (Å²) in [7, 11) is 0. The summed E-state index contributed by atoms with van der Waals surface area (Å²) in [5, 5.41) is 3.05. The number of halogens is 3. The van der Waals surface area contributed by atoms with Gasteiger partial charge in [0.2, 0.25) is 12.7 Å². The summed E-state index contributed by atoms with van der Waals surface area (Å²) in [4.78, 5) is 43.0. The number of amides is 3. The SMILES string of the molecule is CCCCN(CC(=O)N(Cc1ccc2c(c1)OCO2)Cc1coc2ccc(Cl)cc2c1=O)C(=O)Nc1ccc(F)cc1F. The van der Waals surface area contributed by atoms with Crippen molar-refractivity contribution in [1.82, 2.24) is 9.80 Å². The average Bonchev–Trinajstić information content (AvgIpc) is 3.46. The Labute approximate surface area is 250 Å². The molecule has 1 aromatic heterocycles. The van der Waals surface area contributed by atoms with E-state index in [2.05, 4.69) is 5.32 Å². The van der Waals surface area contributed by atoms with Crippen LogP contribution in [-0.2, 0) is 17.9 Å². The topological polar surface area (TPSA) is 101 Å². The molecule has 1 aliphatic rings. The van der Waals surface area contributed by atoms with E-state index < -0.39 is 23.6 Å². The fraction of sp³-hybridized carbons (Fsp3) is 0.258. The van der Waals surface area contributed by atoms with Gasteiger partial charge in [0.25, 0.3) is 0 Å². The molecule has 0 radical (unpaired) electrons. The molecule has 5 rings (SSSR count). The van der Waals surface area contributed by atoms with Gasteiger partial charge in [0.05, 0.1) is 29.4 Å². The lowest BCUT2D eigenvalue weighted by molar-refractivity contribution is -0.133. The Hall–Kier alpha value is -4.64. The van der Waals surface area contributed by atoms with Crippen molar-refractivity contribution >= 4 is 40.2 Å². The van der Waals surface area contributed by atoms with Crippen molar-refractivity contribution in [2.45, 2.75) is 32.9 Å². The molecule has 0 saturated carbocycles. The second kappa shape index (κ2) is 13.1. The summed E-state index contributed by atoms with van der Waals surface area (Å²) in [6.07, 6.45) is 2.60. The minimum Gasteiger partial charge on any atom is -0.464 e. The van der Waals surface area contributed by atoms with Gasteiger partial charge < -0.3 is 29.0 Å². The fourth-order valence-corrected chi connectivity index (χ4v) is 4.77. The Bertz CT molecular complexity index is 1730. The zero-order valence-electron chi connectivity index (χ0n) is 23.2. The highest BCUT2D eigenvalue weighted by Gasteiger charge is 2.25. The molecular weight excluding hydrogens is 584 g/mol. The zero-order valence-corrected chi connectivity index (χ0v) is 24.0. The standard InChI is InChI=1S/C31H28ClF2N3O6/c1-2-3-10-36(31(40)35-25-7-6-22(33)13-24(25)34)16-29(38)37(14-19-4-8-27-28(11-19)43-18-42-27)15-20-17-41-26-9-5-21(32)12-23(26)30(20)39/h4-9,11-13,17H,2-3,10,14-16,18H2,1H3,(H,35,40). The molecule has 12 heteroatoms. The molecule has 3 aromatic carbocycles. The molecule has 0 bridgehead atoms. The average molecular weight is 612 g/mol. The van der Waals surface area contributed by atoms with Crippen molar-refractivity contribution in [3.8, 4) is 11.5 Å². The highest BCUT2D eigenvalue weighted by atomic mass is 35.5. The van der Waals surface area contributed by atoms with Crippen molar-refractivity contribution in [1.29, 1.82) is 0 Å². The normalized spacial score (nSPS) is 11.9. The number of benzene rings is 3. The molecule has 3 amide bonds. The van der Waals surface area contributed by atoms with Crippen LogP contribution < -0.4 is 20.2 Å². The van der Waals surface area contributed by atoms with Crippen LogP contribution >= 0.6 is 11.6 Å². The minimum atomic E-state index is -0.942. The largest absolute Gasteiger partial charge is 0.464 e. The molecule has 0 spiro atoms. The quantitative estimate of drug-likeness (QED) is 0.225. The third-order valence-corrected chi connectivity index (χ3v) is 7.13. The molecule has 224 valence electrons. The summed E-state index contributed by atoms with van der Waals surface area (Å²) in [5.41, 5.74) is 0.692. The molecule has 43 heavy (non-hydrogen) atoms. The van der Waals surface area contributed by atoms with Crippen molar-refractivity contribution in [3.05, 3.63) is 98.9 Å². The van der Waals surface area contributed by atoms with E-state index in [0.29, 0.717) is 40.2 Å². The fourth-order valence-electron chi connectivity index (χ4n) is 4.60. The second-order valence-electron chi connectivity index (χ2n) is 10.00. The van der Waals surface area contributed by atoms with Gasteiger partial charge in [-0.05, 0) is 54.4 Å². The van der Waals surface area contributed by atoms with Gasteiger partial charge in [-0.2, -0.15) is 0 Å². The first kappa shape index (κ1) is 29.8. The Morgan fingerprint density at radius 3 is 2.58 bits per heavy atom. The van der Waals surface area contributed by atoms with Crippen LogP contribution in [0.4, 0.5) is 19.3 Å². The number of fused-ring (bicyclic) bond motifs is 2. The first-order valence-corrected chi connectivity index (χ1v) is 14.0. The van der Waals surface area contributed by atoms with E-state index in [1.54, 1.807) is 30.3 Å². The maximum Gasteiger partial charge on any atom is 0.322 e. The summed E-state index contributed by atoms with van der Waals surface area (Å²) in [6, 6.07) is 12.0. The van der Waals surface area contributed by atoms with Crippen molar-refractivity contribution < 1.29 is 32.3 Å². The molecule has 0 saturated heterocycles. The van der Waals surface area contributed by atoms with Gasteiger partial charge in [-0.1, -0.05) is 31.0 Å². The zero-order chi connectivity index (χ0) is 30.5. The first-order chi connectivity index (χ1) is 20.7. The molecule has 0 atom stereocenters. The number of carbonyl (C=O) groups excluding carboxylic acids is 2. The number of rotatable bonds is 10. The van der Waals surface area contributed by atoms with E-state index in [1.165, 1.54) is 22.1 Å². The van der Waals surface area contributed by atoms with Gasteiger partial charge in [-0.25, -0.2) is 13.6 Å². The molecule has 0 aliphatic carbocycles. The highest BCUT2D eigenvalue weighted by Crippen LogP contribution is 2.33. The number of carbonyl (C=O) groups is 2. The molecule has 1 N–H and O–H groups in total. The molecule has 2 heterocycles. The van der Waals surface area contributed by atoms with Crippen LogP contribution in [-0.4, -0.2) is 41.6 Å². The molecule has 4 aromatic rings. The number of nitrogens with zero attached hydrogens (tertiary/aromatic N) is 2. The van der Waals surface area contributed by atoms with Crippen LogP contribution in [0, 0.1) is 11.6 Å². The minimum absolute atomic E-state index is 0.0678. The summed E-state index contributed by atoms with van der Waals surface area (Å²) in [5.74, 6) is -1.11. The predicted molar refractivity (Wildman–Crippen MR) is 156 cm³/mol. The summed E-state index contributed by atoms with van der Waals surface area (Å²) >= 11 is 6.10. The van der Waals surface area contributed by atoms with Crippen molar-refractivity contribution in [2.24, 2.45) is 0 Å². The van der Waals surface area contributed by atoms with Crippen LogP contribution in [0.25, 0.3) is 11.0 Å². The second-order valence-corrected chi connectivity index (χ2v) is 10.4. The number of unbranched alkanes of at least 4 members (excludes halogenated alkanes) is 1. The van der Waals surface area contributed by atoms with Crippen LogP contribution in [0.1, 0.15) is 30.9 Å². The number of hydrogen-bond acceptors (Lipinski definition) is 6. The van der Waals surface area contributed by atoms with Crippen molar-refractivity contribution in [3.63, 3.8) is 0 Å². The van der Waals surface area contributed by atoms with Gasteiger partial charge in [-0.3, -0.25) is 9.59 Å². The monoisotopic (exact) mass is 611 g/mol. The number of anilines is 1. The predicted octanol–water partition coefficient (Wildman–Crippen LogP) is 6.32. The van der Waals surface area contributed by atoms with Gasteiger partial charge in [0.15, 0.2) is 16.9 Å². The number of nitrogens with one attached hydrogen (secondary N) is 1. The van der Waals surface area contributed by atoms with E-state index in [0.717, 1.165) is 18.6 Å². The van der Waals surface area contributed by atoms with E-state index in [9.17, 15) is 23.2 Å². The van der Waals surface area contributed by atoms with E-state index in [4.69, 9.17) is 25.5 Å². The van der Waals surface area contributed by atoms with Crippen LogP contribution in [0.15, 0.2) is 70.1 Å². The van der Waals surface area contributed by atoms with E-state index in [-0.39, 0.29) is 55.0 Å². The van der Waals surface area contributed by atoms with Gasteiger partial charge in [0.1, 0.15) is 23.8 Å². The number of ether oxygens (including phenoxy) is 2. The maximum atomic E-state index is 14.3. The third kappa shape index (κ3) is 7.06.